The minimum Gasteiger partial charge on any atom is -0.392 e. The molecule has 0 radical (unpaired) electrons. The Balaban J connectivity index is 0.000000204. The van der Waals surface area contributed by atoms with Crippen molar-refractivity contribution >= 4 is 24.0 Å². The lowest BCUT2D eigenvalue weighted by atomic mass is 10.1. The van der Waals surface area contributed by atoms with Gasteiger partial charge in [-0.1, -0.05) is 210 Å². The lowest BCUT2D eigenvalue weighted by Gasteiger charge is -2.06. The lowest BCUT2D eigenvalue weighted by Crippen LogP contribution is -1.93. The molecule has 0 aromatic heterocycles. The molecule has 276 valence electrons. The monoisotopic (exact) mass is 714 g/mol. The summed E-state index contributed by atoms with van der Waals surface area (Å²) in [5.74, 6) is 0.0376. The minimum atomic E-state index is -0.549. The first-order valence-electron chi connectivity index (χ1n) is 18.2. The number of hydrogen-bond acceptors (Lipinski definition) is 3. The average molecular weight is 715 g/mol. The number of rotatable bonds is 8. The van der Waals surface area contributed by atoms with E-state index in [1.54, 1.807) is 6.08 Å². The van der Waals surface area contributed by atoms with Crippen molar-refractivity contribution in [2.24, 2.45) is 0 Å². The van der Waals surface area contributed by atoms with Gasteiger partial charge in [0.05, 0.1) is 12.7 Å². The van der Waals surface area contributed by atoms with Gasteiger partial charge < -0.3 is 10.2 Å². The Labute approximate surface area is 323 Å². The summed E-state index contributed by atoms with van der Waals surface area (Å²) in [7, 11) is 0. The topological polar surface area (TPSA) is 57.5 Å². The number of ketones is 1. The van der Waals surface area contributed by atoms with E-state index < -0.39 is 6.10 Å². The van der Waals surface area contributed by atoms with E-state index in [4.69, 9.17) is 5.11 Å². The number of aryl methyl sites for hydroxylation is 6. The first kappa shape index (κ1) is 42.5. The van der Waals surface area contributed by atoms with Crippen LogP contribution >= 0.6 is 0 Å². The van der Waals surface area contributed by atoms with Crippen molar-refractivity contribution in [2.75, 3.05) is 0 Å². The molecule has 0 heterocycles. The highest BCUT2D eigenvalue weighted by Crippen LogP contribution is 2.17. The summed E-state index contributed by atoms with van der Waals surface area (Å²) >= 11 is 0. The zero-order valence-electron chi connectivity index (χ0n) is 32.5. The quantitative estimate of drug-likeness (QED) is 0.122. The van der Waals surface area contributed by atoms with Gasteiger partial charge in [-0.05, 0) is 75.4 Å². The van der Waals surface area contributed by atoms with Crippen LogP contribution in [0.3, 0.4) is 0 Å². The Morgan fingerprint density at radius 1 is 0.519 bits per heavy atom. The van der Waals surface area contributed by atoms with E-state index in [-0.39, 0.29) is 12.4 Å². The third-order valence-corrected chi connectivity index (χ3v) is 8.42. The van der Waals surface area contributed by atoms with Gasteiger partial charge in [-0.3, -0.25) is 4.79 Å². The molecule has 1 unspecified atom stereocenters. The Kier molecular flexibility index (Phi) is 18.1. The van der Waals surface area contributed by atoms with E-state index in [0.29, 0.717) is 0 Å². The van der Waals surface area contributed by atoms with Gasteiger partial charge in [-0.2, -0.15) is 0 Å². The molecule has 54 heavy (non-hydrogen) atoms. The van der Waals surface area contributed by atoms with Gasteiger partial charge >= 0.3 is 0 Å². The second kappa shape index (κ2) is 22.9. The highest BCUT2D eigenvalue weighted by molar-refractivity contribution is 6.06. The zero-order chi connectivity index (χ0) is 39.3. The average Bonchev–Trinajstić information content (AvgIpc) is 3.19. The van der Waals surface area contributed by atoms with Crippen molar-refractivity contribution in [1.29, 1.82) is 0 Å². The molecule has 0 amide bonds. The molecule has 0 bridgehead atoms. The molecule has 6 aromatic rings. The van der Waals surface area contributed by atoms with Crippen LogP contribution in [0, 0.1) is 41.5 Å². The highest BCUT2D eigenvalue weighted by Gasteiger charge is 2.02. The molecule has 6 rings (SSSR count). The van der Waals surface area contributed by atoms with Gasteiger partial charge in [0.25, 0.3) is 0 Å². The fourth-order valence-electron chi connectivity index (χ4n) is 4.81. The minimum absolute atomic E-state index is 0.0376. The number of carbonyl (C=O) groups is 1. The smallest absolute Gasteiger partial charge is 0.185 e. The van der Waals surface area contributed by atoms with Crippen LogP contribution in [0.15, 0.2) is 164 Å². The summed E-state index contributed by atoms with van der Waals surface area (Å²) in [6.45, 7) is 16.1. The van der Waals surface area contributed by atoms with Gasteiger partial charge in [0.1, 0.15) is 0 Å². The van der Waals surface area contributed by atoms with Crippen LogP contribution in [0.5, 0.6) is 0 Å². The molecular formula is C51H54O3. The Hall–Kier alpha value is -5.87. The normalized spacial score (nSPS) is 11.0. The Morgan fingerprint density at radius 3 is 1.28 bits per heavy atom. The van der Waals surface area contributed by atoms with E-state index in [2.05, 4.69) is 56.8 Å². The number of aliphatic hydroxyl groups excluding tert-OH is 2. The first-order chi connectivity index (χ1) is 25.9. The molecule has 0 aliphatic carbocycles. The molecule has 0 fully saturated rings. The van der Waals surface area contributed by atoms with E-state index >= 15 is 0 Å². The number of allylic oxidation sites excluding steroid dienone is 1. The van der Waals surface area contributed by atoms with Crippen LogP contribution in [0.1, 0.15) is 77.7 Å². The van der Waals surface area contributed by atoms with E-state index in [1.165, 1.54) is 33.4 Å². The fourth-order valence-corrected chi connectivity index (χ4v) is 4.81. The molecule has 2 N–H and O–H groups in total. The van der Waals surface area contributed by atoms with Gasteiger partial charge in [-0.25, -0.2) is 0 Å². The highest BCUT2D eigenvalue weighted by atomic mass is 16.3. The van der Waals surface area contributed by atoms with Gasteiger partial charge in [0, 0.05) is 5.56 Å². The van der Waals surface area contributed by atoms with Crippen LogP contribution in [-0.2, 0) is 6.61 Å². The predicted octanol–water partition coefficient (Wildman–Crippen LogP) is 12.4. The first-order valence-corrected chi connectivity index (χ1v) is 18.2. The van der Waals surface area contributed by atoms with Crippen molar-refractivity contribution in [3.8, 4) is 0 Å². The molecule has 6 aromatic carbocycles. The molecule has 0 aliphatic heterocycles. The third-order valence-electron chi connectivity index (χ3n) is 8.42. The number of hydrogen-bond donors (Lipinski definition) is 2. The van der Waals surface area contributed by atoms with Crippen LogP contribution in [0.4, 0.5) is 0 Å². The summed E-state index contributed by atoms with van der Waals surface area (Å²) in [5.41, 5.74) is 13.3. The van der Waals surface area contributed by atoms with Crippen molar-refractivity contribution in [2.45, 2.75) is 54.3 Å². The maximum atomic E-state index is 11.9. The largest absolute Gasteiger partial charge is 0.392 e. The number of carbonyl (C=O) groups excluding carboxylic acids is 1. The lowest BCUT2D eigenvalue weighted by molar-refractivity contribution is 0.104. The molecule has 1 atom stereocenters. The summed E-state index contributed by atoms with van der Waals surface area (Å²) in [6, 6.07) is 48.0. The van der Waals surface area contributed by atoms with Crippen molar-refractivity contribution in [3.05, 3.63) is 231 Å². The molecule has 3 nitrogen and oxygen atoms in total. The molecule has 0 aliphatic rings. The molecular weight excluding hydrogens is 661 g/mol. The van der Waals surface area contributed by atoms with Gasteiger partial charge in [0.15, 0.2) is 5.78 Å². The van der Waals surface area contributed by atoms with Gasteiger partial charge in [-0.15, -0.1) is 0 Å². The van der Waals surface area contributed by atoms with Crippen LogP contribution < -0.4 is 0 Å². The second-order valence-corrected chi connectivity index (χ2v) is 13.4. The third kappa shape index (κ3) is 16.2. The van der Waals surface area contributed by atoms with Crippen LogP contribution in [0.2, 0.25) is 0 Å². The molecule has 3 heteroatoms. The maximum Gasteiger partial charge on any atom is 0.185 e. The van der Waals surface area contributed by atoms with Gasteiger partial charge in [0.2, 0.25) is 0 Å². The van der Waals surface area contributed by atoms with E-state index in [1.807, 2.05) is 161 Å². The zero-order valence-corrected chi connectivity index (χ0v) is 32.5. The second-order valence-electron chi connectivity index (χ2n) is 13.4. The summed E-state index contributed by atoms with van der Waals surface area (Å²) < 4.78 is 0. The van der Waals surface area contributed by atoms with Crippen molar-refractivity contribution in [3.63, 3.8) is 0 Å². The maximum absolute atomic E-state index is 11.9. The van der Waals surface area contributed by atoms with Crippen molar-refractivity contribution < 1.29 is 15.0 Å². The van der Waals surface area contributed by atoms with E-state index in [0.717, 1.165) is 33.4 Å². The number of benzene rings is 6. The standard InChI is InChI=1S/C17H18O.C17H16O.C9H10.C8H10O/c2*1-13-3-7-15(8-4-13)9-12-17(18)16-10-5-14(2)6-11-16;1-3-9-6-4-8(2)5-7-9;1-7-2-4-8(6-9)5-3-7/h3-12,17-18H,1-2H3;3-12H,1-2H3;3-7H,1H2,2H3;2-5,9H,6H2,1H3/b2*12-9+;;. The Bertz CT molecular complexity index is 2030. The summed E-state index contributed by atoms with van der Waals surface area (Å²) in [4.78, 5) is 11.9. The predicted molar refractivity (Wildman–Crippen MR) is 230 cm³/mol. The van der Waals surface area contributed by atoms with E-state index in [9.17, 15) is 9.90 Å². The molecule has 0 spiro atoms. The van der Waals surface area contributed by atoms with Crippen LogP contribution in [0.25, 0.3) is 18.2 Å². The Morgan fingerprint density at radius 2 is 0.870 bits per heavy atom. The number of aliphatic hydroxyl groups is 2. The summed E-state index contributed by atoms with van der Waals surface area (Å²) in [6.07, 6.45) is 8.53. The summed E-state index contributed by atoms with van der Waals surface area (Å²) in [5, 5.41) is 18.7. The van der Waals surface area contributed by atoms with Crippen LogP contribution in [-0.4, -0.2) is 16.0 Å². The fraction of sp³-hybridized carbons (Fsp3) is 0.157. The molecule has 0 saturated carbocycles. The SMILES string of the molecule is C=Cc1ccc(C)cc1.Cc1ccc(/C=C/C(=O)c2ccc(C)cc2)cc1.Cc1ccc(/C=C/C(O)c2ccc(C)cc2)cc1.Cc1ccc(CO)cc1. The molecule has 0 saturated heterocycles. The van der Waals surface area contributed by atoms with Crippen molar-refractivity contribution in [1.82, 2.24) is 0 Å².